The number of nitrogens with zero attached hydrogens (tertiary/aromatic N) is 1. The number of fused-ring (bicyclic) bond motifs is 8. The third-order valence-corrected chi connectivity index (χ3v) is 13.6. The molecule has 204 valence electrons. The van der Waals surface area contributed by atoms with Gasteiger partial charge >= 0.3 is 0 Å². The number of carbonyl (C=O) groups excluding carboxylic acids is 1. The van der Waals surface area contributed by atoms with Crippen molar-refractivity contribution in [1.82, 2.24) is 10.2 Å². The second-order valence-corrected chi connectivity index (χ2v) is 15.8. The van der Waals surface area contributed by atoms with E-state index in [0.29, 0.717) is 17.7 Å². The second kappa shape index (κ2) is 7.52. The van der Waals surface area contributed by atoms with Crippen LogP contribution in [0, 0.1) is 44.8 Å². The van der Waals surface area contributed by atoms with E-state index in [1.807, 2.05) is 0 Å². The summed E-state index contributed by atoms with van der Waals surface area (Å²) in [6.45, 7) is 17.0. The summed E-state index contributed by atoms with van der Waals surface area (Å²) in [4.78, 5) is 13.4. The lowest BCUT2D eigenvalue weighted by molar-refractivity contribution is -0.167. The van der Waals surface area contributed by atoms with Crippen molar-refractivity contribution in [3.63, 3.8) is 0 Å². The van der Waals surface area contributed by atoms with Crippen molar-refractivity contribution < 1.29 is 9.90 Å². The number of carbonyl (C=O) groups is 1. The standard InChI is InChI=1S/C32H49N3O2/c1-27(2)12-14-32(24(37)18-36)15-13-30(6)20(21(32)17-27)8-9-23-29(5)16-19-25(34-35-26(19)33)28(3,4)22(29)10-11-31(23,30)7/h8,21-23,36H,9-18H2,1-7H3,(H3,33,34,35)/t21?,22?,23?,29-,30+,31+,32-/m0/s1. The quantitative estimate of drug-likeness (QED) is 0.406. The lowest BCUT2D eigenvalue weighted by atomic mass is 9.33. The van der Waals surface area contributed by atoms with E-state index in [0.717, 1.165) is 44.9 Å². The number of hydrogen-bond donors (Lipinski definition) is 3. The first-order valence-corrected chi connectivity index (χ1v) is 14.8. The number of nitrogens with two attached hydrogens (primary N) is 1. The predicted octanol–water partition coefficient (Wildman–Crippen LogP) is 6.37. The van der Waals surface area contributed by atoms with Crippen LogP contribution >= 0.6 is 0 Å². The maximum Gasteiger partial charge on any atom is 0.164 e. The summed E-state index contributed by atoms with van der Waals surface area (Å²) in [5.74, 6) is 2.18. The molecule has 3 unspecified atom stereocenters. The number of rotatable bonds is 2. The largest absolute Gasteiger partial charge is 0.389 e. The molecule has 3 saturated carbocycles. The van der Waals surface area contributed by atoms with E-state index in [2.05, 4.69) is 64.7 Å². The number of nitrogens with one attached hydrogen (secondary N) is 1. The number of aliphatic hydroxyl groups excluding tert-OH is 1. The van der Waals surface area contributed by atoms with Gasteiger partial charge in [-0.15, -0.1) is 0 Å². The Morgan fingerprint density at radius 1 is 1.05 bits per heavy atom. The molecule has 5 nitrogen and oxygen atoms in total. The van der Waals surface area contributed by atoms with Crippen LogP contribution in [0.4, 0.5) is 5.82 Å². The molecule has 5 heteroatoms. The molecule has 0 aromatic carbocycles. The average molecular weight is 508 g/mol. The van der Waals surface area contributed by atoms with Gasteiger partial charge < -0.3 is 10.8 Å². The van der Waals surface area contributed by atoms with Crippen LogP contribution in [0.1, 0.15) is 111 Å². The lowest BCUT2D eigenvalue weighted by Crippen LogP contribution is -2.65. The molecule has 0 saturated heterocycles. The van der Waals surface area contributed by atoms with Crippen LogP contribution in [-0.4, -0.2) is 27.7 Å². The number of anilines is 1. The average Bonchev–Trinajstić information content (AvgIpc) is 3.19. The van der Waals surface area contributed by atoms with Crippen molar-refractivity contribution in [2.45, 2.75) is 112 Å². The Balaban J connectivity index is 1.47. The van der Waals surface area contributed by atoms with E-state index in [9.17, 15) is 9.90 Å². The molecule has 1 heterocycles. The Labute approximate surface area is 223 Å². The van der Waals surface area contributed by atoms with Gasteiger partial charge in [0.25, 0.3) is 0 Å². The molecular formula is C32H49N3O2. The Morgan fingerprint density at radius 3 is 2.46 bits per heavy atom. The number of Topliss-reactive ketones (excluding diaryl/α,β-unsaturated/α-hetero) is 1. The van der Waals surface area contributed by atoms with Crippen molar-refractivity contribution in [3.8, 4) is 0 Å². The normalized spacial score (nSPS) is 45.4. The Kier molecular flexibility index (Phi) is 5.21. The van der Waals surface area contributed by atoms with Gasteiger partial charge in [0.15, 0.2) is 5.78 Å². The van der Waals surface area contributed by atoms with E-state index in [-0.39, 0.29) is 50.8 Å². The first-order chi connectivity index (χ1) is 17.2. The number of allylic oxidation sites excluding steroid dienone is 2. The number of aromatic amines is 1. The molecule has 0 bridgehead atoms. The highest BCUT2D eigenvalue weighted by Crippen LogP contribution is 2.75. The van der Waals surface area contributed by atoms with Crippen LogP contribution < -0.4 is 5.73 Å². The number of hydrogen-bond acceptors (Lipinski definition) is 4. The highest BCUT2D eigenvalue weighted by molar-refractivity contribution is 5.87. The first kappa shape index (κ1) is 25.6. The summed E-state index contributed by atoms with van der Waals surface area (Å²) >= 11 is 0. The Hall–Kier alpha value is -1.62. The molecule has 6 rings (SSSR count). The first-order valence-electron chi connectivity index (χ1n) is 14.8. The number of H-pyrrole nitrogens is 1. The Bertz CT molecular complexity index is 1180. The van der Waals surface area contributed by atoms with Crippen LogP contribution in [0.5, 0.6) is 0 Å². The van der Waals surface area contributed by atoms with Gasteiger partial charge in [-0.05, 0) is 97.2 Å². The molecule has 0 spiro atoms. The van der Waals surface area contributed by atoms with Crippen LogP contribution in [0.3, 0.4) is 0 Å². The fourth-order valence-electron chi connectivity index (χ4n) is 11.3. The van der Waals surface area contributed by atoms with Crippen LogP contribution in [0.2, 0.25) is 0 Å². The smallest absolute Gasteiger partial charge is 0.164 e. The summed E-state index contributed by atoms with van der Waals surface area (Å²) in [6, 6.07) is 0. The number of ketones is 1. The minimum atomic E-state index is -0.368. The molecule has 1 aromatic heterocycles. The summed E-state index contributed by atoms with van der Waals surface area (Å²) in [5.41, 5.74) is 10.8. The number of nitrogen functional groups attached to an aromatic ring is 1. The fourth-order valence-corrected chi connectivity index (χ4v) is 11.3. The highest BCUT2D eigenvalue weighted by Gasteiger charge is 2.69. The monoisotopic (exact) mass is 507 g/mol. The molecule has 4 N–H and O–H groups in total. The zero-order valence-corrected chi connectivity index (χ0v) is 24.3. The zero-order chi connectivity index (χ0) is 26.8. The third-order valence-electron chi connectivity index (χ3n) is 13.6. The van der Waals surface area contributed by atoms with Crippen LogP contribution in [-0.2, 0) is 16.6 Å². The van der Waals surface area contributed by atoms with Crippen molar-refractivity contribution in [3.05, 3.63) is 22.9 Å². The molecule has 0 aliphatic heterocycles. The van der Waals surface area contributed by atoms with Gasteiger partial charge in [-0.2, -0.15) is 5.10 Å². The summed E-state index contributed by atoms with van der Waals surface area (Å²) in [6.07, 6.45) is 12.2. The molecule has 0 amide bonds. The fraction of sp³-hybridized carbons (Fsp3) is 0.812. The van der Waals surface area contributed by atoms with Crippen molar-refractivity contribution in [1.29, 1.82) is 0 Å². The summed E-state index contributed by atoms with van der Waals surface area (Å²) < 4.78 is 0. The van der Waals surface area contributed by atoms with Gasteiger partial charge in [-0.1, -0.05) is 60.1 Å². The molecule has 3 fully saturated rings. The third kappa shape index (κ3) is 3.01. The van der Waals surface area contributed by atoms with Gasteiger partial charge in [-0.25, -0.2) is 0 Å². The lowest BCUT2D eigenvalue weighted by Gasteiger charge is -2.70. The van der Waals surface area contributed by atoms with Crippen molar-refractivity contribution in [2.75, 3.05) is 12.3 Å². The SMILES string of the molecule is CC1(C)CC[C@]2(C(=O)CO)CC[C@]3(C)C(=CCC4[C@@]5(C)Cc6c(N)n[nH]c6C(C)(C)C5CC[C@]43C)C2C1. The maximum absolute atomic E-state index is 13.4. The molecule has 7 atom stereocenters. The van der Waals surface area contributed by atoms with E-state index in [4.69, 9.17) is 5.73 Å². The maximum atomic E-state index is 13.4. The molecule has 5 aliphatic carbocycles. The van der Waals surface area contributed by atoms with Crippen molar-refractivity contribution in [2.24, 2.45) is 44.8 Å². The van der Waals surface area contributed by atoms with E-state index >= 15 is 0 Å². The zero-order valence-electron chi connectivity index (χ0n) is 24.3. The molecule has 1 aromatic rings. The number of aliphatic hydroxyl groups is 1. The van der Waals surface area contributed by atoms with Gasteiger partial charge in [-0.3, -0.25) is 9.89 Å². The van der Waals surface area contributed by atoms with Crippen LogP contribution in [0.25, 0.3) is 0 Å². The van der Waals surface area contributed by atoms with Gasteiger partial charge in [0, 0.05) is 22.1 Å². The van der Waals surface area contributed by atoms with Crippen molar-refractivity contribution >= 4 is 11.6 Å². The summed E-state index contributed by atoms with van der Waals surface area (Å²) in [5, 5.41) is 17.8. The van der Waals surface area contributed by atoms with Gasteiger partial charge in [0.2, 0.25) is 0 Å². The molecule has 37 heavy (non-hydrogen) atoms. The predicted molar refractivity (Wildman–Crippen MR) is 148 cm³/mol. The Morgan fingerprint density at radius 2 is 1.76 bits per heavy atom. The molecule has 5 aliphatic rings. The van der Waals surface area contributed by atoms with E-state index < -0.39 is 0 Å². The topological polar surface area (TPSA) is 92.0 Å². The van der Waals surface area contributed by atoms with Gasteiger partial charge in [0.1, 0.15) is 12.4 Å². The van der Waals surface area contributed by atoms with Crippen LogP contribution in [0.15, 0.2) is 11.6 Å². The van der Waals surface area contributed by atoms with E-state index in [1.165, 1.54) is 24.1 Å². The minimum Gasteiger partial charge on any atom is -0.389 e. The molecule has 0 radical (unpaired) electrons. The highest BCUT2D eigenvalue weighted by atomic mass is 16.3. The molecular weight excluding hydrogens is 458 g/mol. The second-order valence-electron chi connectivity index (χ2n) is 15.8. The van der Waals surface area contributed by atoms with E-state index in [1.54, 1.807) is 5.57 Å². The minimum absolute atomic E-state index is 0.0157. The number of aromatic nitrogens is 2. The van der Waals surface area contributed by atoms with Gasteiger partial charge in [0.05, 0.1) is 0 Å². The summed E-state index contributed by atoms with van der Waals surface area (Å²) in [7, 11) is 0.